The molecule has 2 aromatic carbocycles. The Balaban J connectivity index is 0.00000387. The Bertz CT molecular complexity index is 1560. The Hall–Kier alpha value is -3.93. The number of aromatic nitrogens is 3. The van der Waals surface area contributed by atoms with Crippen LogP contribution in [0.2, 0.25) is 0 Å². The smallest absolute Gasteiger partial charge is 0.227 e. The molecular weight excluding hydrogens is 532 g/mol. The predicted octanol–water partition coefficient (Wildman–Crippen LogP) is 7.09. The van der Waals surface area contributed by atoms with Crippen molar-refractivity contribution in [3.63, 3.8) is 0 Å². The average Bonchev–Trinajstić information content (AvgIpc) is 2.88. The monoisotopic (exact) mass is 570 g/mol. The zero-order chi connectivity index (χ0) is 28.4. The van der Waals surface area contributed by atoms with Crippen molar-refractivity contribution in [2.75, 3.05) is 28.6 Å². The number of piperidine rings is 1. The lowest BCUT2D eigenvalue weighted by molar-refractivity contribution is 0.317. The molecule has 1 saturated heterocycles. The van der Waals surface area contributed by atoms with Gasteiger partial charge in [0, 0.05) is 52.8 Å². The van der Waals surface area contributed by atoms with Crippen molar-refractivity contribution >= 4 is 52.1 Å². The highest BCUT2D eigenvalue weighted by molar-refractivity contribution is 5.98. The summed E-state index contributed by atoms with van der Waals surface area (Å²) in [6.07, 6.45) is 2.05. The van der Waals surface area contributed by atoms with Gasteiger partial charge in [-0.25, -0.2) is 15.0 Å². The summed E-state index contributed by atoms with van der Waals surface area (Å²) < 4.78 is 0. The van der Waals surface area contributed by atoms with E-state index >= 15 is 0 Å². The molecule has 1 aliphatic heterocycles. The number of nitriles is 1. The van der Waals surface area contributed by atoms with Gasteiger partial charge in [0.1, 0.15) is 11.6 Å². The molecule has 8 nitrogen and oxygen atoms in total. The van der Waals surface area contributed by atoms with E-state index in [1.807, 2.05) is 63.2 Å². The van der Waals surface area contributed by atoms with E-state index < -0.39 is 0 Å². The van der Waals surface area contributed by atoms with Crippen LogP contribution in [-0.2, 0) is 0 Å². The molecule has 0 amide bonds. The van der Waals surface area contributed by atoms with Gasteiger partial charge in [0.2, 0.25) is 5.95 Å². The molecule has 0 aliphatic carbocycles. The second-order valence-electron chi connectivity index (χ2n) is 11.7. The first-order valence-electron chi connectivity index (χ1n) is 13.9. The van der Waals surface area contributed by atoms with Crippen LogP contribution in [0.25, 0.3) is 10.9 Å². The highest BCUT2D eigenvalue weighted by Crippen LogP contribution is 2.37. The molecule has 0 unspecified atom stereocenters. The van der Waals surface area contributed by atoms with Gasteiger partial charge in [-0.15, -0.1) is 12.4 Å². The SMILES string of the molecule is Cc1cc(C)nc(Nc2ccc(Nc3nc4ccccc4c(N4CCC(NC(C)(C)C)CC4)c3C#N)cc2C)n1.Cl. The van der Waals surface area contributed by atoms with Crippen LogP contribution < -0.4 is 20.9 Å². The fourth-order valence-electron chi connectivity index (χ4n) is 5.50. The third kappa shape index (κ3) is 7.05. The summed E-state index contributed by atoms with van der Waals surface area (Å²) in [5.74, 6) is 1.15. The number of rotatable bonds is 6. The molecule has 9 heteroatoms. The average molecular weight is 571 g/mol. The largest absolute Gasteiger partial charge is 0.370 e. The van der Waals surface area contributed by atoms with E-state index in [-0.39, 0.29) is 17.9 Å². The minimum atomic E-state index is 0. The number of hydrogen-bond donors (Lipinski definition) is 3. The molecule has 4 aromatic rings. The number of nitrogens with one attached hydrogen (secondary N) is 3. The molecule has 1 aliphatic rings. The highest BCUT2D eigenvalue weighted by Gasteiger charge is 2.27. The molecule has 0 atom stereocenters. The van der Waals surface area contributed by atoms with E-state index in [1.54, 1.807) is 0 Å². The first-order chi connectivity index (χ1) is 19.1. The maximum atomic E-state index is 10.4. The molecule has 0 spiro atoms. The van der Waals surface area contributed by atoms with Gasteiger partial charge >= 0.3 is 0 Å². The maximum Gasteiger partial charge on any atom is 0.227 e. The van der Waals surface area contributed by atoms with E-state index in [2.05, 4.69) is 63.7 Å². The Morgan fingerprint density at radius 1 is 0.902 bits per heavy atom. The summed E-state index contributed by atoms with van der Waals surface area (Å²) in [6.45, 7) is 14.4. The summed E-state index contributed by atoms with van der Waals surface area (Å²) >= 11 is 0. The van der Waals surface area contributed by atoms with Gasteiger partial charge in [0.15, 0.2) is 5.82 Å². The van der Waals surface area contributed by atoms with Crippen LogP contribution in [0.3, 0.4) is 0 Å². The van der Waals surface area contributed by atoms with E-state index in [0.29, 0.717) is 23.4 Å². The molecule has 2 aromatic heterocycles. The topological polar surface area (TPSA) is 102 Å². The highest BCUT2D eigenvalue weighted by atomic mass is 35.5. The van der Waals surface area contributed by atoms with Crippen LogP contribution in [0, 0.1) is 32.1 Å². The summed E-state index contributed by atoms with van der Waals surface area (Å²) in [5.41, 5.74) is 7.15. The van der Waals surface area contributed by atoms with Crippen LogP contribution >= 0.6 is 12.4 Å². The van der Waals surface area contributed by atoms with Crippen molar-refractivity contribution in [2.24, 2.45) is 0 Å². The molecule has 0 radical (unpaired) electrons. The lowest BCUT2D eigenvalue weighted by atomic mass is 9.98. The molecule has 0 saturated carbocycles. The molecular formula is C32H39ClN8. The number of pyridine rings is 1. The van der Waals surface area contributed by atoms with Gasteiger partial charge in [-0.05, 0) is 90.3 Å². The lowest BCUT2D eigenvalue weighted by Gasteiger charge is -2.38. The number of hydrogen-bond acceptors (Lipinski definition) is 8. The Labute approximate surface area is 249 Å². The van der Waals surface area contributed by atoms with Gasteiger partial charge in [-0.2, -0.15) is 5.26 Å². The third-order valence-electron chi connectivity index (χ3n) is 7.14. The van der Waals surface area contributed by atoms with Crippen LogP contribution in [0.5, 0.6) is 0 Å². The molecule has 5 rings (SSSR count). The van der Waals surface area contributed by atoms with Crippen LogP contribution in [0.1, 0.15) is 56.1 Å². The molecule has 3 N–H and O–H groups in total. The normalized spacial score (nSPS) is 13.9. The second-order valence-corrected chi connectivity index (χ2v) is 11.7. The van der Waals surface area contributed by atoms with E-state index in [1.165, 1.54) is 0 Å². The van der Waals surface area contributed by atoms with Gasteiger partial charge in [0.25, 0.3) is 0 Å². The third-order valence-corrected chi connectivity index (χ3v) is 7.14. The van der Waals surface area contributed by atoms with Crippen molar-refractivity contribution < 1.29 is 0 Å². The van der Waals surface area contributed by atoms with Crippen LogP contribution in [0.4, 0.5) is 28.8 Å². The number of nitrogens with zero attached hydrogens (tertiary/aromatic N) is 5. The van der Waals surface area contributed by atoms with Crippen LogP contribution in [-0.4, -0.2) is 39.6 Å². The minimum absolute atomic E-state index is 0. The number of benzene rings is 2. The van der Waals surface area contributed by atoms with Crippen molar-refractivity contribution in [3.05, 3.63) is 71.0 Å². The number of para-hydroxylation sites is 1. The maximum absolute atomic E-state index is 10.4. The molecule has 1 fully saturated rings. The van der Waals surface area contributed by atoms with Crippen molar-refractivity contribution in [1.29, 1.82) is 5.26 Å². The lowest BCUT2D eigenvalue weighted by Crippen LogP contribution is -2.49. The van der Waals surface area contributed by atoms with Crippen molar-refractivity contribution in [3.8, 4) is 6.07 Å². The summed E-state index contributed by atoms with van der Waals surface area (Å²) in [6, 6.07) is 19.0. The van der Waals surface area contributed by atoms with Crippen molar-refractivity contribution in [2.45, 2.75) is 66.0 Å². The van der Waals surface area contributed by atoms with Crippen molar-refractivity contribution in [1.82, 2.24) is 20.3 Å². The molecule has 41 heavy (non-hydrogen) atoms. The quantitative estimate of drug-likeness (QED) is 0.226. The number of anilines is 5. The van der Waals surface area contributed by atoms with Gasteiger partial charge in [0.05, 0.1) is 11.2 Å². The van der Waals surface area contributed by atoms with E-state index in [0.717, 1.165) is 70.8 Å². The fraction of sp³-hybridized carbons (Fsp3) is 0.375. The molecule has 3 heterocycles. The van der Waals surface area contributed by atoms with Crippen LogP contribution in [0.15, 0.2) is 48.5 Å². The second kappa shape index (κ2) is 12.3. The summed E-state index contributed by atoms with van der Waals surface area (Å²) in [7, 11) is 0. The summed E-state index contributed by atoms with van der Waals surface area (Å²) in [4.78, 5) is 16.2. The standard InChI is InChI=1S/C32H38N8.ClH/c1-20-17-24(11-12-27(20)38-31-34-21(2)18-22(3)35-31)36-30-26(19-33)29(25-9-7-8-10-28(25)37-30)40-15-13-23(14-16-40)39-32(4,5)6;/h7-12,17-18,23,39H,13-16H2,1-6H3,(H,36,37)(H,34,35,38);1H. The molecule has 0 bridgehead atoms. The Morgan fingerprint density at radius 2 is 1.59 bits per heavy atom. The zero-order valence-corrected chi connectivity index (χ0v) is 25.5. The minimum Gasteiger partial charge on any atom is -0.370 e. The Morgan fingerprint density at radius 3 is 2.22 bits per heavy atom. The molecule has 214 valence electrons. The Kier molecular flexibility index (Phi) is 9.01. The zero-order valence-electron chi connectivity index (χ0n) is 24.7. The number of aryl methyl sites for hydroxylation is 3. The predicted molar refractivity (Wildman–Crippen MR) is 171 cm³/mol. The number of fused-ring (bicyclic) bond motifs is 1. The first-order valence-corrected chi connectivity index (χ1v) is 13.9. The van der Waals surface area contributed by atoms with E-state index in [4.69, 9.17) is 4.98 Å². The first kappa shape index (κ1) is 30.0. The van der Waals surface area contributed by atoms with Gasteiger partial charge in [-0.3, -0.25) is 0 Å². The fourth-order valence-corrected chi connectivity index (χ4v) is 5.50. The van der Waals surface area contributed by atoms with Gasteiger partial charge in [-0.1, -0.05) is 18.2 Å². The number of halogens is 1. The summed E-state index contributed by atoms with van der Waals surface area (Å²) in [5, 5.41) is 21.9. The van der Waals surface area contributed by atoms with E-state index in [9.17, 15) is 5.26 Å². The van der Waals surface area contributed by atoms with Gasteiger partial charge < -0.3 is 20.9 Å².